The predicted octanol–water partition coefficient (Wildman–Crippen LogP) is 2.34. The summed E-state index contributed by atoms with van der Waals surface area (Å²) in [6.45, 7) is 1.52. The number of hydrogen-bond acceptors (Lipinski definition) is 4. The number of pyridine rings is 1. The highest BCUT2D eigenvalue weighted by atomic mass is 19.3. The number of hydrogen-bond donors (Lipinski definition) is 0. The molecule has 1 heterocycles. The van der Waals surface area contributed by atoms with Crippen molar-refractivity contribution in [1.82, 2.24) is 4.98 Å². The molecular weight excluding hydrogens is 239 g/mol. The standard InChI is InChI=1S/C10H10F3NO3/c1-3-17-10(15)7-5(8(12)13)4-6(11)9(14-7)16-2/h4,8H,3H2,1-2H3. The molecule has 0 aromatic carbocycles. The zero-order chi connectivity index (χ0) is 13.0. The Morgan fingerprint density at radius 3 is 2.65 bits per heavy atom. The number of rotatable bonds is 4. The molecule has 0 amide bonds. The SMILES string of the molecule is CCOC(=O)c1nc(OC)c(F)cc1C(F)F. The number of ether oxygens (including phenoxy) is 2. The van der Waals surface area contributed by atoms with Crippen LogP contribution in [-0.4, -0.2) is 24.7 Å². The minimum Gasteiger partial charge on any atom is -0.479 e. The van der Waals surface area contributed by atoms with E-state index in [1.807, 2.05) is 0 Å². The van der Waals surface area contributed by atoms with Crippen molar-refractivity contribution >= 4 is 5.97 Å². The van der Waals surface area contributed by atoms with Gasteiger partial charge in [0.2, 0.25) is 0 Å². The Hall–Kier alpha value is -1.79. The zero-order valence-corrected chi connectivity index (χ0v) is 9.17. The van der Waals surface area contributed by atoms with Crippen LogP contribution in [-0.2, 0) is 4.74 Å². The molecule has 1 aromatic rings. The van der Waals surface area contributed by atoms with Crippen molar-refractivity contribution in [3.05, 3.63) is 23.1 Å². The van der Waals surface area contributed by atoms with Gasteiger partial charge in [-0.05, 0) is 13.0 Å². The molecule has 0 aliphatic carbocycles. The highest BCUT2D eigenvalue weighted by Gasteiger charge is 2.24. The molecule has 0 spiro atoms. The maximum Gasteiger partial charge on any atom is 0.357 e. The molecule has 7 heteroatoms. The van der Waals surface area contributed by atoms with Crippen LogP contribution in [0.3, 0.4) is 0 Å². The maximum atomic E-state index is 13.2. The molecule has 0 bridgehead atoms. The summed E-state index contributed by atoms with van der Waals surface area (Å²) in [6, 6.07) is 0.517. The Balaban J connectivity index is 3.28. The van der Waals surface area contributed by atoms with Gasteiger partial charge in [0.05, 0.1) is 19.3 Å². The molecule has 0 fully saturated rings. The summed E-state index contributed by atoms with van der Waals surface area (Å²) >= 11 is 0. The summed E-state index contributed by atoms with van der Waals surface area (Å²) in [5, 5.41) is 0. The molecule has 0 N–H and O–H groups in total. The first-order valence-corrected chi connectivity index (χ1v) is 4.71. The fourth-order valence-corrected chi connectivity index (χ4v) is 1.16. The Bertz CT molecular complexity index is 424. The van der Waals surface area contributed by atoms with Crippen molar-refractivity contribution in [2.75, 3.05) is 13.7 Å². The molecule has 17 heavy (non-hydrogen) atoms. The van der Waals surface area contributed by atoms with Crippen molar-refractivity contribution < 1.29 is 27.4 Å². The fourth-order valence-electron chi connectivity index (χ4n) is 1.16. The molecule has 0 aliphatic rings. The van der Waals surface area contributed by atoms with E-state index in [-0.39, 0.29) is 6.61 Å². The Morgan fingerprint density at radius 1 is 1.53 bits per heavy atom. The van der Waals surface area contributed by atoms with Gasteiger partial charge in [-0.1, -0.05) is 0 Å². The minimum absolute atomic E-state index is 0.00286. The van der Waals surface area contributed by atoms with Crippen LogP contribution in [0.4, 0.5) is 13.2 Å². The highest BCUT2D eigenvalue weighted by molar-refractivity contribution is 5.89. The molecule has 1 aromatic heterocycles. The van der Waals surface area contributed by atoms with Crippen LogP contribution in [0.5, 0.6) is 5.88 Å². The molecule has 1 rings (SSSR count). The number of alkyl halides is 2. The molecule has 4 nitrogen and oxygen atoms in total. The first-order valence-electron chi connectivity index (χ1n) is 4.71. The van der Waals surface area contributed by atoms with Gasteiger partial charge in [-0.15, -0.1) is 0 Å². The van der Waals surface area contributed by atoms with Crippen LogP contribution in [0.15, 0.2) is 6.07 Å². The number of carbonyl (C=O) groups excluding carboxylic acids is 1. The molecular formula is C10H10F3NO3. The number of aromatic nitrogens is 1. The number of halogens is 3. The first kappa shape index (κ1) is 13.3. The number of nitrogens with zero attached hydrogens (tertiary/aromatic N) is 1. The topological polar surface area (TPSA) is 48.4 Å². The van der Waals surface area contributed by atoms with Crippen molar-refractivity contribution in [2.45, 2.75) is 13.3 Å². The van der Waals surface area contributed by atoms with Gasteiger partial charge in [-0.2, -0.15) is 0 Å². The lowest BCUT2D eigenvalue weighted by Crippen LogP contribution is -2.12. The van der Waals surface area contributed by atoms with Gasteiger partial charge in [-0.25, -0.2) is 22.9 Å². The van der Waals surface area contributed by atoms with E-state index in [0.29, 0.717) is 6.07 Å². The summed E-state index contributed by atoms with van der Waals surface area (Å²) in [4.78, 5) is 14.7. The van der Waals surface area contributed by atoms with Gasteiger partial charge in [0.1, 0.15) is 0 Å². The number of esters is 1. The van der Waals surface area contributed by atoms with Crippen LogP contribution in [0.25, 0.3) is 0 Å². The van der Waals surface area contributed by atoms with Gasteiger partial charge >= 0.3 is 5.97 Å². The van der Waals surface area contributed by atoms with Crippen molar-refractivity contribution in [3.8, 4) is 5.88 Å². The summed E-state index contributed by atoms with van der Waals surface area (Å²) in [7, 11) is 1.11. The van der Waals surface area contributed by atoms with E-state index in [4.69, 9.17) is 0 Å². The molecule has 0 atom stereocenters. The van der Waals surface area contributed by atoms with Crippen molar-refractivity contribution in [1.29, 1.82) is 0 Å². The summed E-state index contributed by atoms with van der Waals surface area (Å²) < 4.78 is 47.4. The Kier molecular flexibility index (Phi) is 4.30. The van der Waals surface area contributed by atoms with E-state index in [1.54, 1.807) is 0 Å². The van der Waals surface area contributed by atoms with E-state index in [0.717, 1.165) is 7.11 Å². The highest BCUT2D eigenvalue weighted by Crippen LogP contribution is 2.26. The summed E-state index contributed by atoms with van der Waals surface area (Å²) in [6.07, 6.45) is -3.03. The predicted molar refractivity (Wildman–Crippen MR) is 51.7 cm³/mol. The van der Waals surface area contributed by atoms with Crippen LogP contribution in [0.2, 0.25) is 0 Å². The second-order valence-corrected chi connectivity index (χ2v) is 2.94. The summed E-state index contributed by atoms with van der Waals surface area (Å²) in [5.74, 6) is -2.63. The largest absolute Gasteiger partial charge is 0.479 e. The van der Waals surface area contributed by atoms with Crippen molar-refractivity contribution in [2.24, 2.45) is 0 Å². The molecule has 0 saturated heterocycles. The Labute approximate surface area is 95.4 Å². The van der Waals surface area contributed by atoms with Crippen LogP contribution in [0, 0.1) is 5.82 Å². The third kappa shape index (κ3) is 2.86. The lowest BCUT2D eigenvalue weighted by Gasteiger charge is -2.09. The zero-order valence-electron chi connectivity index (χ0n) is 9.17. The van der Waals surface area contributed by atoms with E-state index in [9.17, 15) is 18.0 Å². The third-order valence-electron chi connectivity index (χ3n) is 1.87. The molecule has 0 aliphatic heterocycles. The minimum atomic E-state index is -3.03. The van der Waals surface area contributed by atoms with Gasteiger partial charge in [0.15, 0.2) is 11.5 Å². The lowest BCUT2D eigenvalue weighted by atomic mass is 10.2. The van der Waals surface area contributed by atoms with Gasteiger partial charge < -0.3 is 9.47 Å². The number of methoxy groups -OCH3 is 1. The monoisotopic (exact) mass is 249 g/mol. The van der Waals surface area contributed by atoms with Gasteiger partial charge in [-0.3, -0.25) is 0 Å². The lowest BCUT2D eigenvalue weighted by molar-refractivity contribution is 0.0506. The summed E-state index contributed by atoms with van der Waals surface area (Å²) in [5.41, 5.74) is -1.46. The van der Waals surface area contributed by atoms with Gasteiger partial charge in [0.25, 0.3) is 12.3 Å². The van der Waals surface area contributed by atoms with E-state index in [1.165, 1.54) is 6.92 Å². The van der Waals surface area contributed by atoms with E-state index < -0.39 is 35.3 Å². The molecule has 0 saturated carbocycles. The smallest absolute Gasteiger partial charge is 0.357 e. The normalized spacial score (nSPS) is 10.5. The van der Waals surface area contributed by atoms with E-state index >= 15 is 0 Å². The van der Waals surface area contributed by atoms with Gasteiger partial charge in [0, 0.05) is 0 Å². The van der Waals surface area contributed by atoms with E-state index in [2.05, 4.69) is 14.5 Å². The third-order valence-corrected chi connectivity index (χ3v) is 1.87. The number of carbonyl (C=O) groups is 1. The van der Waals surface area contributed by atoms with Crippen LogP contribution < -0.4 is 4.74 Å². The second-order valence-electron chi connectivity index (χ2n) is 2.94. The average Bonchev–Trinajstić information content (AvgIpc) is 2.28. The van der Waals surface area contributed by atoms with Crippen LogP contribution >= 0.6 is 0 Å². The quantitative estimate of drug-likeness (QED) is 0.768. The molecule has 0 unspecified atom stereocenters. The molecule has 0 radical (unpaired) electrons. The maximum absolute atomic E-state index is 13.2. The van der Waals surface area contributed by atoms with Crippen molar-refractivity contribution in [3.63, 3.8) is 0 Å². The second kappa shape index (κ2) is 5.51. The average molecular weight is 249 g/mol. The first-order chi connectivity index (χ1) is 8.01. The Morgan fingerprint density at radius 2 is 2.18 bits per heavy atom. The van der Waals surface area contributed by atoms with Crippen LogP contribution in [0.1, 0.15) is 29.4 Å². The molecule has 94 valence electrons. The fraction of sp³-hybridized carbons (Fsp3) is 0.400.